The summed E-state index contributed by atoms with van der Waals surface area (Å²) in [6, 6.07) is 17.4. The number of nitrogens with one attached hydrogen (secondary N) is 1. The topological polar surface area (TPSA) is 12.0 Å². The van der Waals surface area contributed by atoms with Gasteiger partial charge in [-0.1, -0.05) is 60.7 Å². The van der Waals surface area contributed by atoms with Gasteiger partial charge in [0.05, 0.1) is 6.04 Å². The summed E-state index contributed by atoms with van der Waals surface area (Å²) < 4.78 is 0. The zero-order valence-electron chi connectivity index (χ0n) is 11.9. The maximum Gasteiger partial charge on any atom is 0.0696 e. The highest BCUT2D eigenvalue weighted by Crippen LogP contribution is 2.25. The molecular formula is C19H19N. The van der Waals surface area contributed by atoms with Crippen LogP contribution in [-0.2, 0) is 0 Å². The van der Waals surface area contributed by atoms with E-state index >= 15 is 0 Å². The molecular weight excluding hydrogens is 242 g/mol. The van der Waals surface area contributed by atoms with Crippen LogP contribution in [0.4, 0.5) is 0 Å². The Hall–Kier alpha value is -2.28. The summed E-state index contributed by atoms with van der Waals surface area (Å²) in [5.74, 6) is 0. The molecule has 1 unspecified atom stereocenters. The fourth-order valence-electron chi connectivity index (χ4n) is 2.45. The van der Waals surface area contributed by atoms with Crippen molar-refractivity contribution in [1.29, 1.82) is 0 Å². The van der Waals surface area contributed by atoms with Crippen molar-refractivity contribution in [3.63, 3.8) is 0 Å². The van der Waals surface area contributed by atoms with Crippen LogP contribution in [0.2, 0.25) is 0 Å². The van der Waals surface area contributed by atoms with Crippen LogP contribution in [0.5, 0.6) is 0 Å². The van der Waals surface area contributed by atoms with Crippen molar-refractivity contribution in [3.05, 3.63) is 89.1 Å². The van der Waals surface area contributed by atoms with Crippen LogP contribution in [0.1, 0.15) is 28.3 Å². The molecule has 1 heteroatoms. The molecule has 1 aliphatic heterocycles. The number of dihydropyridines is 1. The molecule has 3 rings (SSSR count). The van der Waals surface area contributed by atoms with Gasteiger partial charge < -0.3 is 5.32 Å². The first-order chi connectivity index (χ1) is 9.74. The highest BCUT2D eigenvalue weighted by Gasteiger charge is 2.10. The van der Waals surface area contributed by atoms with E-state index in [-0.39, 0.29) is 6.04 Å². The smallest absolute Gasteiger partial charge is 0.0696 e. The fraction of sp³-hybridized carbons (Fsp3) is 0.158. The first-order valence-electron chi connectivity index (χ1n) is 7.01. The Kier molecular flexibility index (Phi) is 3.42. The molecule has 0 bridgehead atoms. The van der Waals surface area contributed by atoms with E-state index in [2.05, 4.69) is 80.0 Å². The lowest BCUT2D eigenvalue weighted by Gasteiger charge is -2.19. The van der Waals surface area contributed by atoms with Crippen LogP contribution < -0.4 is 5.32 Å². The van der Waals surface area contributed by atoms with Crippen molar-refractivity contribution in [2.24, 2.45) is 0 Å². The lowest BCUT2D eigenvalue weighted by Crippen LogP contribution is -2.16. The number of hydrogen-bond donors (Lipinski definition) is 1. The normalized spacial score (nSPS) is 17.5. The third-order valence-corrected chi connectivity index (χ3v) is 3.89. The molecule has 1 atom stereocenters. The van der Waals surface area contributed by atoms with Gasteiger partial charge in [-0.05, 0) is 41.7 Å². The SMILES string of the molecule is Cc1ccc(C2=CNC(c3ccccc3)C=C2)cc1C. The van der Waals surface area contributed by atoms with E-state index in [0.29, 0.717) is 0 Å². The lowest BCUT2D eigenvalue weighted by atomic mass is 9.97. The first kappa shape index (κ1) is 12.7. The summed E-state index contributed by atoms with van der Waals surface area (Å²) in [5, 5.41) is 3.47. The average molecular weight is 261 g/mol. The Morgan fingerprint density at radius 1 is 0.900 bits per heavy atom. The Balaban J connectivity index is 1.81. The predicted molar refractivity (Wildman–Crippen MR) is 85.4 cm³/mol. The maximum atomic E-state index is 3.47. The molecule has 2 aromatic carbocycles. The highest BCUT2D eigenvalue weighted by atomic mass is 14.9. The van der Waals surface area contributed by atoms with Crippen LogP contribution >= 0.6 is 0 Å². The van der Waals surface area contributed by atoms with Gasteiger partial charge in [0.2, 0.25) is 0 Å². The third-order valence-electron chi connectivity index (χ3n) is 3.89. The van der Waals surface area contributed by atoms with Crippen LogP contribution in [0, 0.1) is 13.8 Å². The summed E-state index contributed by atoms with van der Waals surface area (Å²) in [5.41, 5.74) is 6.47. The summed E-state index contributed by atoms with van der Waals surface area (Å²) in [6.07, 6.45) is 6.54. The molecule has 0 saturated heterocycles. The minimum atomic E-state index is 0.270. The molecule has 0 radical (unpaired) electrons. The third kappa shape index (κ3) is 2.53. The van der Waals surface area contributed by atoms with Gasteiger partial charge in [-0.3, -0.25) is 0 Å². The van der Waals surface area contributed by atoms with E-state index in [4.69, 9.17) is 0 Å². The standard InChI is InChI=1S/C19H19N/c1-14-8-9-17(12-15(14)2)18-10-11-19(20-13-18)16-6-4-3-5-7-16/h3-13,19-20H,1-2H3. The number of rotatable bonds is 2. The molecule has 0 spiro atoms. The van der Waals surface area contributed by atoms with Gasteiger partial charge in [0.15, 0.2) is 0 Å². The van der Waals surface area contributed by atoms with E-state index < -0.39 is 0 Å². The van der Waals surface area contributed by atoms with Gasteiger partial charge in [0.25, 0.3) is 0 Å². The first-order valence-corrected chi connectivity index (χ1v) is 7.01. The summed E-state index contributed by atoms with van der Waals surface area (Å²) in [4.78, 5) is 0. The second-order valence-electron chi connectivity index (χ2n) is 5.31. The number of benzene rings is 2. The molecule has 1 aliphatic rings. The van der Waals surface area contributed by atoms with E-state index in [1.165, 1.54) is 27.8 Å². The molecule has 1 heterocycles. The monoisotopic (exact) mass is 261 g/mol. The Morgan fingerprint density at radius 2 is 1.70 bits per heavy atom. The fourth-order valence-corrected chi connectivity index (χ4v) is 2.45. The van der Waals surface area contributed by atoms with Crippen LogP contribution in [-0.4, -0.2) is 0 Å². The second-order valence-corrected chi connectivity index (χ2v) is 5.31. The summed E-state index contributed by atoms with van der Waals surface area (Å²) >= 11 is 0. The zero-order valence-corrected chi connectivity index (χ0v) is 11.9. The zero-order chi connectivity index (χ0) is 13.9. The van der Waals surface area contributed by atoms with Crippen molar-refractivity contribution in [3.8, 4) is 0 Å². The van der Waals surface area contributed by atoms with Gasteiger partial charge in [0, 0.05) is 6.20 Å². The molecule has 20 heavy (non-hydrogen) atoms. The van der Waals surface area contributed by atoms with Gasteiger partial charge in [-0.15, -0.1) is 0 Å². The van der Waals surface area contributed by atoms with E-state index in [1.54, 1.807) is 0 Å². The van der Waals surface area contributed by atoms with Crippen molar-refractivity contribution in [2.45, 2.75) is 19.9 Å². The average Bonchev–Trinajstić information content (AvgIpc) is 2.51. The minimum absolute atomic E-state index is 0.270. The van der Waals surface area contributed by atoms with Crippen molar-refractivity contribution >= 4 is 5.57 Å². The van der Waals surface area contributed by atoms with Gasteiger partial charge in [-0.2, -0.15) is 0 Å². The number of aryl methyl sites for hydroxylation is 2. The van der Waals surface area contributed by atoms with E-state index in [9.17, 15) is 0 Å². The Bertz CT molecular complexity index is 665. The quantitative estimate of drug-likeness (QED) is 0.836. The molecule has 0 amide bonds. The minimum Gasteiger partial charge on any atom is -0.380 e. The van der Waals surface area contributed by atoms with Gasteiger partial charge in [-0.25, -0.2) is 0 Å². The molecule has 0 fully saturated rings. The molecule has 0 saturated carbocycles. The molecule has 2 aromatic rings. The number of allylic oxidation sites excluding steroid dienone is 2. The van der Waals surface area contributed by atoms with E-state index in [0.717, 1.165) is 0 Å². The van der Waals surface area contributed by atoms with Crippen molar-refractivity contribution < 1.29 is 0 Å². The second kappa shape index (κ2) is 5.38. The molecule has 1 nitrogen and oxygen atoms in total. The van der Waals surface area contributed by atoms with Crippen LogP contribution in [0.3, 0.4) is 0 Å². The van der Waals surface area contributed by atoms with E-state index in [1.807, 2.05) is 6.07 Å². The van der Waals surface area contributed by atoms with Crippen molar-refractivity contribution in [2.75, 3.05) is 0 Å². The summed E-state index contributed by atoms with van der Waals surface area (Å²) in [6.45, 7) is 4.31. The molecule has 100 valence electrons. The Morgan fingerprint density at radius 3 is 2.35 bits per heavy atom. The largest absolute Gasteiger partial charge is 0.380 e. The maximum absolute atomic E-state index is 3.47. The molecule has 0 aromatic heterocycles. The highest BCUT2D eigenvalue weighted by molar-refractivity contribution is 5.75. The van der Waals surface area contributed by atoms with Gasteiger partial charge in [0.1, 0.15) is 0 Å². The summed E-state index contributed by atoms with van der Waals surface area (Å²) in [7, 11) is 0. The van der Waals surface area contributed by atoms with Gasteiger partial charge >= 0.3 is 0 Å². The molecule has 0 aliphatic carbocycles. The Labute approximate surface area is 120 Å². The van der Waals surface area contributed by atoms with Crippen LogP contribution in [0.15, 0.2) is 66.9 Å². The van der Waals surface area contributed by atoms with Crippen molar-refractivity contribution in [1.82, 2.24) is 5.32 Å². The van der Waals surface area contributed by atoms with Crippen LogP contribution in [0.25, 0.3) is 5.57 Å². The number of hydrogen-bond acceptors (Lipinski definition) is 1. The predicted octanol–water partition coefficient (Wildman–Crippen LogP) is 4.55. The molecule has 1 N–H and O–H groups in total. The lowest BCUT2D eigenvalue weighted by molar-refractivity contribution is 0.749.